The van der Waals surface area contributed by atoms with Gasteiger partial charge in [-0.25, -0.2) is 4.79 Å². The number of Topliss-reactive ketones (excluding diaryl/α,β-unsaturated/α-hetero) is 1. The second-order valence-electron chi connectivity index (χ2n) is 14.8. The lowest BCUT2D eigenvalue weighted by atomic mass is 9.85. The summed E-state index contributed by atoms with van der Waals surface area (Å²) in [4.78, 5) is 67.7. The van der Waals surface area contributed by atoms with Gasteiger partial charge in [-0.3, -0.25) is 19.2 Å². The van der Waals surface area contributed by atoms with Gasteiger partial charge in [0.25, 0.3) is 16.1 Å². The first-order valence-corrected chi connectivity index (χ1v) is 17.2. The molecule has 46 heavy (non-hydrogen) atoms. The molecule has 1 saturated carbocycles. The number of carbonyl (C=O) groups excluding carboxylic acids is 5. The Labute approximate surface area is 274 Å². The molecule has 0 aromatic carbocycles. The first-order valence-electron chi connectivity index (χ1n) is 15.8. The minimum atomic E-state index is -3.73. The SMILES string of the molecule is C=CCNC(=O)C(=O)C(C)NC(=O)[C@@H]1[C@H]2CCC[C@H]2CN1C(=O)[C@@H](NC(=O)N[C@H](CN(C)S(=O)(=O)N(C)C)C(C)(C)C)C(C)(C)C. The Bertz CT molecular complexity index is 1270. The molecule has 2 aliphatic rings. The first-order chi connectivity index (χ1) is 21.0. The number of likely N-dealkylation sites (tertiary alicyclic amines) is 1. The van der Waals surface area contributed by atoms with Crippen molar-refractivity contribution in [2.45, 2.75) is 91.9 Å². The zero-order valence-electron chi connectivity index (χ0n) is 29.1. The summed E-state index contributed by atoms with van der Waals surface area (Å²) in [5.41, 5.74) is -1.30. The van der Waals surface area contributed by atoms with Gasteiger partial charge in [0.1, 0.15) is 12.1 Å². The average molecular weight is 670 g/mol. The van der Waals surface area contributed by atoms with Gasteiger partial charge in [-0.15, -0.1) is 6.58 Å². The highest BCUT2D eigenvalue weighted by Gasteiger charge is 2.52. The number of ketones is 1. The van der Waals surface area contributed by atoms with Crippen molar-refractivity contribution in [2.24, 2.45) is 22.7 Å². The minimum absolute atomic E-state index is 0.00812. The van der Waals surface area contributed by atoms with Gasteiger partial charge >= 0.3 is 6.03 Å². The number of urea groups is 1. The standard InChI is InChI=1S/C31H55N7O7S/c1-12-16-32-27(41)24(39)19(2)33-26(40)23-21-15-13-14-20(21)17-38(23)28(42)25(31(6,7)8)35-29(43)34-22(30(3,4)5)18-37(11)46(44,45)36(9)10/h12,19-23,25H,1,13-18H2,2-11H3,(H,32,41)(H,33,40)(H2,34,35,43)/t19?,20-,21-,22+,23-,25+/m0/s1. The fourth-order valence-electron chi connectivity index (χ4n) is 5.99. The molecule has 0 radical (unpaired) electrons. The van der Waals surface area contributed by atoms with Crippen LogP contribution in [0.25, 0.3) is 0 Å². The minimum Gasteiger partial charge on any atom is -0.346 e. The van der Waals surface area contributed by atoms with Crippen LogP contribution >= 0.6 is 0 Å². The molecule has 15 heteroatoms. The van der Waals surface area contributed by atoms with Crippen LogP contribution in [0.5, 0.6) is 0 Å². The van der Waals surface area contributed by atoms with Crippen LogP contribution in [0, 0.1) is 22.7 Å². The molecule has 2 rings (SSSR count). The number of carbonyl (C=O) groups is 5. The Morgan fingerprint density at radius 2 is 1.57 bits per heavy atom. The molecule has 4 N–H and O–H groups in total. The Hall–Kier alpha value is -3.04. The Kier molecular flexibility index (Phi) is 13.0. The molecular formula is C31H55N7O7S. The van der Waals surface area contributed by atoms with E-state index in [4.69, 9.17) is 0 Å². The van der Waals surface area contributed by atoms with E-state index in [2.05, 4.69) is 27.8 Å². The first kappa shape index (κ1) is 39.1. The number of amides is 5. The summed E-state index contributed by atoms with van der Waals surface area (Å²) in [5, 5.41) is 10.8. The van der Waals surface area contributed by atoms with E-state index < -0.39 is 74.7 Å². The molecule has 0 aromatic rings. The molecule has 1 unspecified atom stereocenters. The van der Waals surface area contributed by atoms with Crippen LogP contribution in [0.1, 0.15) is 67.7 Å². The second-order valence-corrected chi connectivity index (χ2v) is 17.0. The van der Waals surface area contributed by atoms with Crippen molar-refractivity contribution in [2.75, 3.05) is 40.8 Å². The average Bonchev–Trinajstić information content (AvgIpc) is 3.53. The van der Waals surface area contributed by atoms with Gasteiger partial charge in [0.05, 0.1) is 6.04 Å². The van der Waals surface area contributed by atoms with Crippen molar-refractivity contribution >= 4 is 39.7 Å². The van der Waals surface area contributed by atoms with Crippen molar-refractivity contribution in [1.29, 1.82) is 0 Å². The summed E-state index contributed by atoms with van der Waals surface area (Å²) in [6, 6.07) is -4.27. The molecule has 1 saturated heterocycles. The van der Waals surface area contributed by atoms with Crippen LogP contribution in [0.2, 0.25) is 0 Å². The van der Waals surface area contributed by atoms with E-state index in [0.29, 0.717) is 6.54 Å². The molecule has 14 nitrogen and oxygen atoms in total. The van der Waals surface area contributed by atoms with Gasteiger partial charge < -0.3 is 26.2 Å². The van der Waals surface area contributed by atoms with Gasteiger partial charge in [-0.05, 0) is 42.4 Å². The summed E-state index contributed by atoms with van der Waals surface area (Å²) in [7, 11) is 0.558. The van der Waals surface area contributed by atoms with E-state index in [1.54, 1.807) is 0 Å². The van der Waals surface area contributed by atoms with Crippen molar-refractivity contribution in [1.82, 2.24) is 34.8 Å². The summed E-state index contributed by atoms with van der Waals surface area (Å²) in [6.07, 6.45) is 3.93. The van der Waals surface area contributed by atoms with Crippen molar-refractivity contribution in [3.8, 4) is 0 Å². The maximum atomic E-state index is 14.3. The van der Waals surface area contributed by atoms with Crippen LogP contribution in [0.3, 0.4) is 0 Å². The van der Waals surface area contributed by atoms with E-state index in [1.165, 1.54) is 39.0 Å². The number of rotatable bonds is 13. The maximum Gasteiger partial charge on any atom is 0.315 e. The highest BCUT2D eigenvalue weighted by atomic mass is 32.2. The van der Waals surface area contributed by atoms with Crippen LogP contribution < -0.4 is 21.3 Å². The molecule has 0 aromatic heterocycles. The Morgan fingerprint density at radius 1 is 0.957 bits per heavy atom. The number of fused-ring (bicyclic) bond motifs is 1. The lowest BCUT2D eigenvalue weighted by molar-refractivity contribution is -0.144. The van der Waals surface area contributed by atoms with Crippen LogP contribution in [0.4, 0.5) is 4.79 Å². The number of hydrogen-bond acceptors (Lipinski definition) is 7. The third kappa shape index (κ3) is 9.50. The molecule has 1 aliphatic heterocycles. The van der Waals surface area contributed by atoms with Crippen molar-refractivity contribution in [3.05, 3.63) is 12.7 Å². The molecule has 1 heterocycles. The maximum absolute atomic E-state index is 14.3. The van der Waals surface area contributed by atoms with Crippen molar-refractivity contribution in [3.63, 3.8) is 0 Å². The van der Waals surface area contributed by atoms with Gasteiger partial charge in [0.2, 0.25) is 17.6 Å². The quantitative estimate of drug-likeness (QED) is 0.166. The Morgan fingerprint density at radius 3 is 2.09 bits per heavy atom. The zero-order chi connectivity index (χ0) is 35.4. The van der Waals surface area contributed by atoms with Crippen LogP contribution in [0.15, 0.2) is 12.7 Å². The molecule has 6 atom stereocenters. The smallest absolute Gasteiger partial charge is 0.315 e. The predicted octanol–water partition coefficient (Wildman–Crippen LogP) is 0.856. The molecule has 5 amide bonds. The number of hydrogen-bond donors (Lipinski definition) is 4. The fourth-order valence-corrected chi connectivity index (χ4v) is 6.89. The lowest BCUT2D eigenvalue weighted by Crippen LogP contribution is -2.62. The van der Waals surface area contributed by atoms with E-state index in [9.17, 15) is 32.4 Å². The summed E-state index contributed by atoms with van der Waals surface area (Å²) in [6.45, 7) is 16.4. The third-order valence-corrected chi connectivity index (χ3v) is 10.7. The van der Waals surface area contributed by atoms with Gasteiger partial charge in [0, 0.05) is 46.8 Å². The topological polar surface area (TPSA) is 177 Å². The summed E-state index contributed by atoms with van der Waals surface area (Å²) in [5.74, 6) is -2.62. The number of nitrogens with one attached hydrogen (secondary N) is 4. The van der Waals surface area contributed by atoms with E-state index >= 15 is 0 Å². The summed E-state index contributed by atoms with van der Waals surface area (Å²) < 4.78 is 27.6. The second kappa shape index (κ2) is 15.2. The highest BCUT2D eigenvalue weighted by Crippen LogP contribution is 2.43. The van der Waals surface area contributed by atoms with E-state index in [0.717, 1.165) is 27.9 Å². The van der Waals surface area contributed by atoms with Gasteiger partial charge in [-0.2, -0.15) is 17.0 Å². The molecule has 0 bridgehead atoms. The fraction of sp³-hybridized carbons (Fsp3) is 0.774. The lowest BCUT2D eigenvalue weighted by Gasteiger charge is -2.38. The predicted molar refractivity (Wildman–Crippen MR) is 176 cm³/mol. The normalized spacial score (nSPS) is 22.1. The largest absolute Gasteiger partial charge is 0.346 e. The van der Waals surface area contributed by atoms with Crippen LogP contribution in [-0.4, -0.2) is 116 Å². The van der Waals surface area contributed by atoms with Crippen molar-refractivity contribution < 1.29 is 32.4 Å². The van der Waals surface area contributed by atoms with E-state index in [1.807, 2.05) is 41.5 Å². The van der Waals surface area contributed by atoms with Gasteiger partial charge in [-0.1, -0.05) is 54.0 Å². The monoisotopic (exact) mass is 669 g/mol. The molecule has 262 valence electrons. The van der Waals surface area contributed by atoms with E-state index in [-0.39, 0.29) is 24.9 Å². The third-order valence-electron chi connectivity index (χ3n) is 8.86. The molecule has 0 spiro atoms. The molecular weight excluding hydrogens is 614 g/mol. The van der Waals surface area contributed by atoms with Crippen LogP contribution in [-0.2, 0) is 29.4 Å². The molecule has 2 fully saturated rings. The number of nitrogens with zero attached hydrogens (tertiary/aromatic N) is 3. The zero-order valence-corrected chi connectivity index (χ0v) is 29.9. The molecule has 1 aliphatic carbocycles. The number of likely N-dealkylation sites (N-methyl/N-ethyl adjacent to an activating group) is 1. The Balaban J connectivity index is 2.29. The highest BCUT2D eigenvalue weighted by molar-refractivity contribution is 7.86. The van der Waals surface area contributed by atoms with Gasteiger partial charge in [0.15, 0.2) is 0 Å². The summed E-state index contributed by atoms with van der Waals surface area (Å²) >= 11 is 0.